The van der Waals surface area contributed by atoms with Crippen molar-refractivity contribution in [2.75, 3.05) is 0 Å². The Bertz CT molecular complexity index is 286. The first-order valence-electron chi connectivity index (χ1n) is 5.02. The van der Waals surface area contributed by atoms with Crippen LogP contribution in [0, 0.1) is 5.92 Å². The molecule has 0 aliphatic carbocycles. The minimum atomic E-state index is -1.72. The van der Waals surface area contributed by atoms with E-state index >= 15 is 0 Å². The first-order chi connectivity index (χ1) is 6.48. The highest BCUT2D eigenvalue weighted by Gasteiger charge is 2.29. The highest BCUT2D eigenvalue weighted by Crippen LogP contribution is 2.26. The van der Waals surface area contributed by atoms with E-state index in [1.165, 1.54) is 5.56 Å². The van der Waals surface area contributed by atoms with Crippen LogP contribution in [0.1, 0.15) is 31.9 Å². The lowest BCUT2D eigenvalue weighted by Crippen LogP contribution is -2.31. The summed E-state index contributed by atoms with van der Waals surface area (Å²) in [5.41, 5.74) is 1.76. The Kier molecular flexibility index (Phi) is 3.29. The number of aliphatic hydroxyl groups is 2. The van der Waals surface area contributed by atoms with E-state index < -0.39 is 5.79 Å². The van der Waals surface area contributed by atoms with Crippen LogP contribution in [0.2, 0.25) is 0 Å². The van der Waals surface area contributed by atoms with Crippen LogP contribution < -0.4 is 0 Å². The molecular weight excluding hydrogens is 176 g/mol. The molecule has 14 heavy (non-hydrogen) atoms. The van der Waals surface area contributed by atoms with Crippen molar-refractivity contribution in [1.29, 1.82) is 0 Å². The number of benzene rings is 1. The zero-order valence-electron chi connectivity index (χ0n) is 8.99. The average Bonchev–Trinajstić information content (AvgIpc) is 2.17. The summed E-state index contributed by atoms with van der Waals surface area (Å²) in [5.74, 6) is -1.93. The monoisotopic (exact) mass is 194 g/mol. The van der Waals surface area contributed by atoms with Gasteiger partial charge in [-0.25, -0.2) is 0 Å². The van der Waals surface area contributed by atoms with Gasteiger partial charge >= 0.3 is 0 Å². The van der Waals surface area contributed by atoms with Gasteiger partial charge in [-0.05, 0) is 12.0 Å². The van der Waals surface area contributed by atoms with Crippen LogP contribution in [0.3, 0.4) is 0 Å². The van der Waals surface area contributed by atoms with Gasteiger partial charge in [0, 0.05) is 11.5 Å². The molecule has 0 heterocycles. The second-order valence-corrected chi connectivity index (χ2v) is 3.93. The van der Waals surface area contributed by atoms with Crippen molar-refractivity contribution in [1.82, 2.24) is 0 Å². The van der Waals surface area contributed by atoms with E-state index in [0.29, 0.717) is 5.56 Å². The summed E-state index contributed by atoms with van der Waals surface area (Å²) in [6.07, 6.45) is 0.964. The summed E-state index contributed by atoms with van der Waals surface area (Å²) in [4.78, 5) is 0. The van der Waals surface area contributed by atoms with Crippen LogP contribution >= 0.6 is 0 Å². The van der Waals surface area contributed by atoms with Gasteiger partial charge in [0.1, 0.15) is 0 Å². The summed E-state index contributed by atoms with van der Waals surface area (Å²) in [6, 6.07) is 7.41. The van der Waals surface area contributed by atoms with Crippen LogP contribution in [-0.2, 0) is 12.2 Å². The fourth-order valence-electron chi connectivity index (χ4n) is 1.32. The second kappa shape index (κ2) is 4.11. The van der Waals surface area contributed by atoms with Gasteiger partial charge in [-0.3, -0.25) is 0 Å². The van der Waals surface area contributed by atoms with Crippen molar-refractivity contribution in [3.63, 3.8) is 0 Å². The van der Waals surface area contributed by atoms with Crippen molar-refractivity contribution >= 4 is 0 Å². The fraction of sp³-hybridized carbons (Fsp3) is 0.500. The molecule has 0 bridgehead atoms. The Balaban J connectivity index is 2.97. The lowest BCUT2D eigenvalue weighted by atomic mass is 9.94. The van der Waals surface area contributed by atoms with E-state index in [2.05, 4.69) is 6.92 Å². The molecule has 0 saturated carbocycles. The van der Waals surface area contributed by atoms with E-state index in [1.54, 1.807) is 26.0 Å². The first kappa shape index (κ1) is 11.2. The number of hydrogen-bond acceptors (Lipinski definition) is 2. The molecule has 0 radical (unpaired) electrons. The predicted octanol–water partition coefficient (Wildman–Crippen LogP) is 2.04. The SMILES string of the molecule is CCc1ccc(C(O)(O)C(C)C)cc1. The Hall–Kier alpha value is -0.860. The van der Waals surface area contributed by atoms with Gasteiger partial charge in [-0.1, -0.05) is 45.0 Å². The minimum absolute atomic E-state index is 0.213. The molecule has 0 fully saturated rings. The van der Waals surface area contributed by atoms with Crippen molar-refractivity contribution < 1.29 is 10.2 Å². The van der Waals surface area contributed by atoms with Crippen LogP contribution in [-0.4, -0.2) is 10.2 Å². The highest BCUT2D eigenvalue weighted by atomic mass is 16.5. The molecule has 0 unspecified atom stereocenters. The molecule has 2 heteroatoms. The molecular formula is C12H18O2. The van der Waals surface area contributed by atoms with E-state index in [4.69, 9.17) is 0 Å². The van der Waals surface area contributed by atoms with Crippen LogP contribution in [0.4, 0.5) is 0 Å². The number of aryl methyl sites for hydroxylation is 1. The van der Waals surface area contributed by atoms with E-state index in [9.17, 15) is 10.2 Å². The van der Waals surface area contributed by atoms with Gasteiger partial charge in [0.15, 0.2) is 5.79 Å². The van der Waals surface area contributed by atoms with E-state index in [0.717, 1.165) is 6.42 Å². The van der Waals surface area contributed by atoms with Crippen LogP contribution in [0.25, 0.3) is 0 Å². The molecule has 0 atom stereocenters. The van der Waals surface area contributed by atoms with Crippen molar-refractivity contribution in [2.24, 2.45) is 5.92 Å². The zero-order chi connectivity index (χ0) is 10.8. The molecule has 1 rings (SSSR count). The lowest BCUT2D eigenvalue weighted by molar-refractivity contribution is -0.201. The largest absolute Gasteiger partial charge is 0.362 e. The summed E-state index contributed by atoms with van der Waals surface area (Å²) in [5, 5.41) is 19.6. The molecule has 2 nitrogen and oxygen atoms in total. The van der Waals surface area contributed by atoms with Crippen LogP contribution in [0.5, 0.6) is 0 Å². The second-order valence-electron chi connectivity index (χ2n) is 3.93. The van der Waals surface area contributed by atoms with Crippen molar-refractivity contribution in [3.8, 4) is 0 Å². The Morgan fingerprint density at radius 1 is 1.14 bits per heavy atom. The summed E-state index contributed by atoms with van der Waals surface area (Å²) in [6.45, 7) is 5.64. The molecule has 1 aromatic carbocycles. The number of hydrogen-bond donors (Lipinski definition) is 2. The maximum Gasteiger partial charge on any atom is 0.192 e. The molecule has 0 aliphatic heterocycles. The van der Waals surface area contributed by atoms with E-state index in [1.807, 2.05) is 12.1 Å². The maximum atomic E-state index is 9.78. The Morgan fingerprint density at radius 3 is 2.00 bits per heavy atom. The lowest BCUT2D eigenvalue weighted by Gasteiger charge is -2.26. The third-order valence-corrected chi connectivity index (χ3v) is 2.59. The summed E-state index contributed by atoms with van der Waals surface area (Å²) < 4.78 is 0. The quantitative estimate of drug-likeness (QED) is 0.723. The maximum absolute atomic E-state index is 9.78. The molecule has 0 aromatic heterocycles. The standard InChI is InChI=1S/C12H18O2/c1-4-10-5-7-11(8-6-10)12(13,14)9(2)3/h5-9,13-14H,4H2,1-3H3. The van der Waals surface area contributed by atoms with Crippen molar-refractivity contribution in [3.05, 3.63) is 35.4 Å². The molecule has 0 spiro atoms. The summed E-state index contributed by atoms with van der Waals surface area (Å²) in [7, 11) is 0. The molecule has 2 N–H and O–H groups in total. The first-order valence-corrected chi connectivity index (χ1v) is 5.02. The van der Waals surface area contributed by atoms with Gasteiger partial charge in [0.25, 0.3) is 0 Å². The third kappa shape index (κ3) is 2.14. The fourth-order valence-corrected chi connectivity index (χ4v) is 1.32. The smallest absolute Gasteiger partial charge is 0.192 e. The molecule has 0 aliphatic rings. The highest BCUT2D eigenvalue weighted by molar-refractivity contribution is 5.25. The van der Waals surface area contributed by atoms with Gasteiger partial charge in [0.2, 0.25) is 0 Å². The third-order valence-electron chi connectivity index (χ3n) is 2.59. The zero-order valence-corrected chi connectivity index (χ0v) is 8.99. The van der Waals surface area contributed by atoms with E-state index in [-0.39, 0.29) is 5.92 Å². The van der Waals surface area contributed by atoms with Gasteiger partial charge in [-0.2, -0.15) is 0 Å². The average molecular weight is 194 g/mol. The summed E-state index contributed by atoms with van der Waals surface area (Å²) >= 11 is 0. The molecule has 0 amide bonds. The van der Waals surface area contributed by atoms with Gasteiger partial charge in [-0.15, -0.1) is 0 Å². The van der Waals surface area contributed by atoms with Crippen LogP contribution in [0.15, 0.2) is 24.3 Å². The predicted molar refractivity (Wildman–Crippen MR) is 56.8 cm³/mol. The molecule has 78 valence electrons. The molecule has 0 saturated heterocycles. The number of rotatable bonds is 3. The normalized spacial score (nSPS) is 12.1. The topological polar surface area (TPSA) is 40.5 Å². The minimum Gasteiger partial charge on any atom is -0.362 e. The molecule has 1 aromatic rings. The Labute approximate surface area is 85.2 Å². The Morgan fingerprint density at radius 2 is 1.64 bits per heavy atom. The van der Waals surface area contributed by atoms with Gasteiger partial charge < -0.3 is 10.2 Å². The van der Waals surface area contributed by atoms with Crippen molar-refractivity contribution in [2.45, 2.75) is 33.0 Å². The van der Waals surface area contributed by atoms with Gasteiger partial charge in [0.05, 0.1) is 0 Å².